The third-order valence-corrected chi connectivity index (χ3v) is 4.17. The molecule has 1 N–H and O–H groups in total. The van der Waals surface area contributed by atoms with Gasteiger partial charge >= 0.3 is 5.63 Å². The Morgan fingerprint density at radius 3 is 2.96 bits per heavy atom. The van der Waals surface area contributed by atoms with Crippen LogP contribution in [0.15, 0.2) is 39.5 Å². The van der Waals surface area contributed by atoms with Crippen molar-refractivity contribution < 1.29 is 9.21 Å². The molecule has 0 saturated carbocycles. The number of carbonyl (C=O) groups excluding carboxylic acids is 1. The number of nitrogens with zero attached hydrogens (tertiary/aromatic N) is 1. The van der Waals surface area contributed by atoms with Crippen molar-refractivity contribution in [3.8, 4) is 0 Å². The molecule has 1 aromatic heterocycles. The van der Waals surface area contributed by atoms with Gasteiger partial charge in [0.05, 0.1) is 0 Å². The molecule has 0 spiro atoms. The van der Waals surface area contributed by atoms with Crippen molar-refractivity contribution in [1.82, 2.24) is 10.2 Å². The van der Waals surface area contributed by atoms with Crippen molar-refractivity contribution in [2.24, 2.45) is 5.92 Å². The monoisotopic (exact) mass is 336 g/mol. The van der Waals surface area contributed by atoms with Gasteiger partial charge in [0, 0.05) is 18.5 Å². The third kappa shape index (κ3) is 3.74. The summed E-state index contributed by atoms with van der Waals surface area (Å²) in [6.45, 7) is 2.27. The second-order valence-corrected chi connectivity index (χ2v) is 5.80. The normalized spacial score (nSPS) is 17.8. The maximum absolute atomic E-state index is 12.7. The summed E-state index contributed by atoms with van der Waals surface area (Å²) in [5.74, 6) is 0.218. The summed E-state index contributed by atoms with van der Waals surface area (Å²) in [6, 6.07) is 8.88. The van der Waals surface area contributed by atoms with Gasteiger partial charge in [0.2, 0.25) is 0 Å². The van der Waals surface area contributed by atoms with Gasteiger partial charge in [-0.05, 0) is 44.5 Å². The molecule has 6 heteroatoms. The van der Waals surface area contributed by atoms with Crippen LogP contribution in [0.4, 0.5) is 0 Å². The van der Waals surface area contributed by atoms with E-state index >= 15 is 0 Å². The zero-order chi connectivity index (χ0) is 15.5. The van der Waals surface area contributed by atoms with Gasteiger partial charge < -0.3 is 14.6 Å². The molecule has 1 atom stereocenters. The molecule has 0 aliphatic carbocycles. The number of hydrogen-bond acceptors (Lipinski definition) is 4. The van der Waals surface area contributed by atoms with E-state index in [1.807, 2.05) is 19.2 Å². The van der Waals surface area contributed by atoms with Crippen LogP contribution in [0.3, 0.4) is 0 Å². The first-order valence-electron chi connectivity index (χ1n) is 7.66. The number of para-hydroxylation sites is 1. The van der Waals surface area contributed by atoms with E-state index < -0.39 is 5.63 Å². The number of benzene rings is 1. The predicted octanol–water partition coefficient (Wildman–Crippen LogP) is 2.29. The second kappa shape index (κ2) is 7.62. The van der Waals surface area contributed by atoms with Crippen LogP contribution in [-0.2, 0) is 0 Å². The van der Waals surface area contributed by atoms with Crippen molar-refractivity contribution in [3.05, 3.63) is 46.3 Å². The van der Waals surface area contributed by atoms with Gasteiger partial charge in [0.15, 0.2) is 0 Å². The first-order chi connectivity index (χ1) is 10.7. The standard InChI is InChI=1S/C17H20N2O3.ClH/c1-18-10-12-5-4-8-19(11-12)16(20)14-9-13-6-2-3-7-15(13)22-17(14)21;/h2-3,6-7,9,12,18H,4-5,8,10-11H2,1H3;1H. The van der Waals surface area contributed by atoms with E-state index in [2.05, 4.69) is 5.32 Å². The quantitative estimate of drug-likeness (QED) is 0.873. The van der Waals surface area contributed by atoms with E-state index in [-0.39, 0.29) is 23.9 Å². The molecule has 23 heavy (non-hydrogen) atoms. The van der Waals surface area contributed by atoms with Gasteiger partial charge in [-0.25, -0.2) is 4.79 Å². The highest BCUT2D eigenvalue weighted by Crippen LogP contribution is 2.19. The van der Waals surface area contributed by atoms with Crippen molar-refractivity contribution >= 4 is 29.3 Å². The van der Waals surface area contributed by atoms with E-state index in [0.29, 0.717) is 24.6 Å². The topological polar surface area (TPSA) is 62.6 Å². The van der Waals surface area contributed by atoms with Crippen LogP contribution in [-0.4, -0.2) is 37.5 Å². The minimum absolute atomic E-state index is 0. The summed E-state index contributed by atoms with van der Waals surface area (Å²) in [6.07, 6.45) is 2.08. The minimum atomic E-state index is -0.556. The zero-order valence-corrected chi connectivity index (χ0v) is 13.9. The SMILES string of the molecule is CNCC1CCCN(C(=O)c2cc3ccccc3oc2=O)C1.Cl. The van der Waals surface area contributed by atoms with Gasteiger partial charge in [-0.15, -0.1) is 12.4 Å². The summed E-state index contributed by atoms with van der Waals surface area (Å²) >= 11 is 0. The Morgan fingerprint density at radius 1 is 1.39 bits per heavy atom. The van der Waals surface area contributed by atoms with Crippen LogP contribution in [0.25, 0.3) is 11.0 Å². The summed E-state index contributed by atoms with van der Waals surface area (Å²) < 4.78 is 5.26. The number of hydrogen-bond donors (Lipinski definition) is 1. The van der Waals surface area contributed by atoms with E-state index in [4.69, 9.17) is 4.42 Å². The molecule has 1 aliphatic rings. The predicted molar refractivity (Wildman–Crippen MR) is 92.3 cm³/mol. The highest BCUT2D eigenvalue weighted by atomic mass is 35.5. The number of rotatable bonds is 3. The smallest absolute Gasteiger partial charge is 0.349 e. The first-order valence-corrected chi connectivity index (χ1v) is 7.66. The fourth-order valence-electron chi connectivity index (χ4n) is 3.09. The molecule has 0 radical (unpaired) electrons. The van der Waals surface area contributed by atoms with Gasteiger partial charge in [-0.2, -0.15) is 0 Å². The molecule has 5 nitrogen and oxygen atoms in total. The Bertz CT molecular complexity index is 742. The molecule has 0 bridgehead atoms. The molecular weight excluding hydrogens is 316 g/mol. The fourth-order valence-corrected chi connectivity index (χ4v) is 3.09. The largest absolute Gasteiger partial charge is 0.422 e. The molecule has 1 saturated heterocycles. The van der Waals surface area contributed by atoms with E-state index in [1.54, 1.807) is 23.1 Å². The van der Waals surface area contributed by atoms with Crippen LogP contribution < -0.4 is 10.9 Å². The lowest BCUT2D eigenvalue weighted by atomic mass is 9.97. The first kappa shape index (κ1) is 17.5. The average molecular weight is 337 g/mol. The number of carbonyl (C=O) groups is 1. The summed E-state index contributed by atoms with van der Waals surface area (Å²) in [5.41, 5.74) is 0.0824. The number of amides is 1. The Kier molecular flexibility index (Phi) is 5.80. The molecule has 1 aliphatic heterocycles. The molecule has 2 heterocycles. The lowest BCUT2D eigenvalue weighted by Crippen LogP contribution is -2.43. The molecular formula is C17H21ClN2O3. The summed E-state index contributed by atoms with van der Waals surface area (Å²) in [7, 11) is 1.92. The van der Waals surface area contributed by atoms with Gasteiger partial charge in [-0.3, -0.25) is 4.79 Å². The van der Waals surface area contributed by atoms with E-state index in [9.17, 15) is 9.59 Å². The number of halogens is 1. The van der Waals surface area contributed by atoms with Crippen LogP contribution >= 0.6 is 12.4 Å². The highest BCUT2D eigenvalue weighted by Gasteiger charge is 2.26. The molecule has 1 aromatic carbocycles. The van der Waals surface area contributed by atoms with E-state index in [1.165, 1.54) is 0 Å². The molecule has 1 fully saturated rings. The summed E-state index contributed by atoms with van der Waals surface area (Å²) in [5, 5.41) is 3.93. The van der Waals surface area contributed by atoms with Gasteiger partial charge in [-0.1, -0.05) is 18.2 Å². The van der Waals surface area contributed by atoms with Crippen molar-refractivity contribution in [3.63, 3.8) is 0 Å². The zero-order valence-electron chi connectivity index (χ0n) is 13.1. The Balaban J connectivity index is 0.00000192. The van der Waals surface area contributed by atoms with Crippen molar-refractivity contribution in [1.29, 1.82) is 0 Å². The fraction of sp³-hybridized carbons (Fsp3) is 0.412. The second-order valence-electron chi connectivity index (χ2n) is 5.80. The lowest BCUT2D eigenvalue weighted by Gasteiger charge is -2.32. The number of nitrogens with one attached hydrogen (secondary N) is 1. The lowest BCUT2D eigenvalue weighted by molar-refractivity contribution is 0.0670. The Hall–Kier alpha value is -1.85. The molecule has 3 rings (SSSR count). The third-order valence-electron chi connectivity index (χ3n) is 4.17. The number of piperidine rings is 1. The molecule has 1 unspecified atom stereocenters. The van der Waals surface area contributed by atoms with E-state index in [0.717, 1.165) is 24.8 Å². The van der Waals surface area contributed by atoms with Gasteiger partial charge in [0.25, 0.3) is 5.91 Å². The average Bonchev–Trinajstić information content (AvgIpc) is 2.54. The van der Waals surface area contributed by atoms with Gasteiger partial charge in [0.1, 0.15) is 11.1 Å². The van der Waals surface area contributed by atoms with Crippen molar-refractivity contribution in [2.45, 2.75) is 12.8 Å². The van der Waals surface area contributed by atoms with Crippen molar-refractivity contribution in [2.75, 3.05) is 26.7 Å². The maximum atomic E-state index is 12.7. The van der Waals surface area contributed by atoms with Crippen LogP contribution in [0, 0.1) is 5.92 Å². The highest BCUT2D eigenvalue weighted by molar-refractivity contribution is 5.96. The van der Waals surface area contributed by atoms with Crippen LogP contribution in [0.1, 0.15) is 23.2 Å². The Morgan fingerprint density at radius 2 is 2.17 bits per heavy atom. The van der Waals surface area contributed by atoms with Crippen LogP contribution in [0.5, 0.6) is 0 Å². The molecule has 1 amide bonds. The summed E-state index contributed by atoms with van der Waals surface area (Å²) in [4.78, 5) is 26.5. The van der Waals surface area contributed by atoms with Crippen LogP contribution in [0.2, 0.25) is 0 Å². The molecule has 2 aromatic rings. The maximum Gasteiger partial charge on any atom is 0.349 e. The minimum Gasteiger partial charge on any atom is -0.422 e. The molecule has 124 valence electrons. The number of fused-ring (bicyclic) bond motifs is 1. The Labute approximate surface area is 141 Å². The number of likely N-dealkylation sites (tertiary alicyclic amines) is 1.